The number of aromatic nitrogens is 4. The molecule has 3 aliphatic carbocycles. The van der Waals surface area contributed by atoms with Crippen molar-refractivity contribution in [1.82, 2.24) is 40.4 Å². The molecule has 0 spiro atoms. The van der Waals surface area contributed by atoms with Gasteiger partial charge in [-0.05, 0) is 92.6 Å². The second-order valence-electron chi connectivity index (χ2n) is 17.8. The van der Waals surface area contributed by atoms with Crippen LogP contribution in [-0.4, -0.2) is 93.1 Å². The highest BCUT2D eigenvalue weighted by molar-refractivity contribution is 5.87. The minimum atomic E-state index is -0.646. The fraction of sp³-hybridized carbons (Fsp3) is 0.652. The van der Waals surface area contributed by atoms with Gasteiger partial charge in [0.2, 0.25) is 11.8 Å². The van der Waals surface area contributed by atoms with E-state index in [1.54, 1.807) is 0 Å². The predicted molar refractivity (Wildman–Crippen MR) is 228 cm³/mol. The molecule has 4 unspecified atom stereocenters. The van der Waals surface area contributed by atoms with Gasteiger partial charge in [-0.25, -0.2) is 19.6 Å². The van der Waals surface area contributed by atoms with Crippen molar-refractivity contribution in [2.45, 2.75) is 153 Å². The number of imidazole rings is 2. The van der Waals surface area contributed by atoms with Crippen LogP contribution in [0.5, 0.6) is 0 Å². The third kappa shape index (κ3) is 8.27. The predicted octanol–water partition coefficient (Wildman–Crippen LogP) is 7.99. The van der Waals surface area contributed by atoms with Crippen molar-refractivity contribution < 1.29 is 28.7 Å². The SMILES string of the molecule is CCC(CC)C(NC(=O)OC)C(=O)N1CCCC1c1ncc(-c2ccc(C34CCC(c5cnc(C6CCCN6C(=O)C(NC(=O)OC)C(CC)CC)[nH]5)(CC3)CC4)cc2)[nH]1. The molecule has 326 valence electrons. The first-order valence-corrected chi connectivity index (χ1v) is 22.5. The van der Waals surface area contributed by atoms with Crippen LogP contribution in [0, 0.1) is 11.8 Å². The van der Waals surface area contributed by atoms with Gasteiger partial charge in [-0.2, -0.15) is 0 Å². The summed E-state index contributed by atoms with van der Waals surface area (Å²) in [6.07, 6.45) is 15.8. The molecule has 4 atom stereocenters. The van der Waals surface area contributed by atoms with Crippen LogP contribution in [0.1, 0.15) is 153 Å². The van der Waals surface area contributed by atoms with Gasteiger partial charge in [0.25, 0.3) is 0 Å². The maximum Gasteiger partial charge on any atom is 0.407 e. The third-order valence-electron chi connectivity index (χ3n) is 15.0. The van der Waals surface area contributed by atoms with E-state index in [9.17, 15) is 19.2 Å². The van der Waals surface area contributed by atoms with Crippen LogP contribution in [0.25, 0.3) is 11.3 Å². The fourth-order valence-corrected chi connectivity index (χ4v) is 11.1. The second-order valence-corrected chi connectivity index (χ2v) is 17.8. The molecule has 2 bridgehead atoms. The van der Waals surface area contributed by atoms with Crippen molar-refractivity contribution >= 4 is 24.0 Å². The first-order chi connectivity index (χ1) is 29.0. The van der Waals surface area contributed by atoms with E-state index < -0.39 is 24.3 Å². The largest absolute Gasteiger partial charge is 0.453 e. The Morgan fingerprint density at radius 3 is 1.60 bits per heavy atom. The molecule has 4 N–H and O–H groups in total. The maximum absolute atomic E-state index is 14.0. The number of amides is 4. The van der Waals surface area contributed by atoms with Crippen LogP contribution in [0.2, 0.25) is 0 Å². The summed E-state index contributed by atoms with van der Waals surface area (Å²) < 4.78 is 9.76. The fourth-order valence-electron chi connectivity index (χ4n) is 11.1. The van der Waals surface area contributed by atoms with Crippen LogP contribution in [0.3, 0.4) is 0 Å². The van der Waals surface area contributed by atoms with E-state index >= 15 is 0 Å². The molecule has 2 aromatic heterocycles. The quantitative estimate of drug-likeness (QED) is 0.119. The van der Waals surface area contributed by atoms with Crippen LogP contribution >= 0.6 is 0 Å². The van der Waals surface area contributed by atoms with Gasteiger partial charge in [-0.3, -0.25) is 9.59 Å². The lowest BCUT2D eigenvalue weighted by molar-refractivity contribution is -0.136. The summed E-state index contributed by atoms with van der Waals surface area (Å²) in [4.78, 5) is 73.2. The molecule has 4 amide bonds. The summed E-state index contributed by atoms with van der Waals surface area (Å²) in [7, 11) is 2.65. The zero-order valence-electron chi connectivity index (χ0n) is 36.5. The molecule has 60 heavy (non-hydrogen) atoms. The highest BCUT2D eigenvalue weighted by Crippen LogP contribution is 2.58. The zero-order chi connectivity index (χ0) is 42.6. The summed E-state index contributed by atoms with van der Waals surface area (Å²) in [5.74, 6) is 1.50. The van der Waals surface area contributed by atoms with E-state index in [-0.39, 0.29) is 46.6 Å². The maximum atomic E-state index is 14.0. The highest BCUT2D eigenvalue weighted by atomic mass is 16.5. The molecule has 2 aliphatic heterocycles. The van der Waals surface area contributed by atoms with Gasteiger partial charge in [0, 0.05) is 30.4 Å². The molecular weight excluding hydrogens is 761 g/mol. The average Bonchev–Trinajstić information content (AvgIpc) is 4.14. The summed E-state index contributed by atoms with van der Waals surface area (Å²) >= 11 is 0. The normalized spacial score (nSPS) is 24.8. The number of H-pyrrole nitrogens is 2. The van der Waals surface area contributed by atoms with Crippen molar-refractivity contribution in [3.63, 3.8) is 0 Å². The molecule has 0 radical (unpaired) electrons. The topological polar surface area (TPSA) is 175 Å². The number of likely N-dealkylation sites (tertiary alicyclic amines) is 2. The number of fused-ring (bicyclic) bond motifs is 3. The van der Waals surface area contributed by atoms with E-state index in [0.717, 1.165) is 113 Å². The first kappa shape index (κ1) is 43.2. The number of nitrogens with one attached hydrogen (secondary N) is 4. The number of carbonyl (C=O) groups is 4. The van der Waals surface area contributed by atoms with E-state index in [4.69, 9.17) is 19.4 Å². The lowest BCUT2D eigenvalue weighted by atomic mass is 9.51. The molecular formula is C46H66N8O6. The van der Waals surface area contributed by atoms with Gasteiger partial charge in [0.05, 0.1) is 38.2 Å². The van der Waals surface area contributed by atoms with Crippen molar-refractivity contribution in [2.75, 3.05) is 27.3 Å². The molecule has 3 saturated carbocycles. The van der Waals surface area contributed by atoms with E-state index in [1.165, 1.54) is 25.5 Å². The van der Waals surface area contributed by atoms with Gasteiger partial charge in [-0.15, -0.1) is 0 Å². The number of alkyl carbamates (subject to hydrolysis) is 2. The number of carbonyl (C=O) groups excluding carboxylic acids is 4. The molecule has 5 fully saturated rings. The van der Waals surface area contributed by atoms with E-state index in [1.807, 2.05) is 36.0 Å². The van der Waals surface area contributed by atoms with Gasteiger partial charge in [-0.1, -0.05) is 77.6 Å². The Kier molecular flexibility index (Phi) is 13.2. The Morgan fingerprint density at radius 1 is 0.683 bits per heavy atom. The molecule has 1 aromatic carbocycles. The summed E-state index contributed by atoms with van der Waals surface area (Å²) in [6.45, 7) is 9.46. The van der Waals surface area contributed by atoms with E-state index in [2.05, 4.69) is 58.7 Å². The Balaban J connectivity index is 0.999. The molecule has 8 rings (SSSR count). The van der Waals surface area contributed by atoms with Gasteiger partial charge < -0.3 is 39.9 Å². The Bertz CT molecular complexity index is 1940. The molecule has 4 heterocycles. The van der Waals surface area contributed by atoms with Crippen molar-refractivity contribution in [2.24, 2.45) is 11.8 Å². The molecule has 14 nitrogen and oxygen atoms in total. The summed E-state index contributed by atoms with van der Waals surface area (Å²) in [6, 6.07) is 7.38. The monoisotopic (exact) mass is 827 g/mol. The van der Waals surface area contributed by atoms with Gasteiger partial charge in [0.1, 0.15) is 23.7 Å². The number of benzene rings is 1. The van der Waals surface area contributed by atoms with Crippen LogP contribution in [0.15, 0.2) is 36.7 Å². The molecule has 5 aliphatic rings. The van der Waals surface area contributed by atoms with Crippen LogP contribution in [-0.2, 0) is 29.9 Å². The summed E-state index contributed by atoms with van der Waals surface area (Å²) in [5, 5.41) is 5.66. The molecule has 3 aromatic rings. The van der Waals surface area contributed by atoms with Gasteiger partial charge in [0.15, 0.2) is 0 Å². The Hall–Kier alpha value is -4.88. The Labute approximate surface area is 354 Å². The zero-order valence-corrected chi connectivity index (χ0v) is 36.5. The molecule has 2 saturated heterocycles. The average molecular weight is 827 g/mol. The number of nitrogens with zero attached hydrogens (tertiary/aromatic N) is 4. The number of hydrogen-bond acceptors (Lipinski definition) is 8. The van der Waals surface area contributed by atoms with E-state index in [0.29, 0.717) is 13.1 Å². The minimum Gasteiger partial charge on any atom is -0.453 e. The Morgan fingerprint density at radius 2 is 1.13 bits per heavy atom. The summed E-state index contributed by atoms with van der Waals surface area (Å²) in [5.41, 5.74) is 4.75. The van der Waals surface area contributed by atoms with Gasteiger partial charge >= 0.3 is 12.2 Å². The van der Waals surface area contributed by atoms with Crippen LogP contribution in [0.4, 0.5) is 9.59 Å². The second kappa shape index (κ2) is 18.4. The molecule has 14 heteroatoms. The smallest absolute Gasteiger partial charge is 0.407 e. The standard InChI is InChI=1S/C46H66N8O6/c1-7-29(8-2)37(51-43(57)59-5)41(55)53-25-11-13-34(53)39-47-27-33(49-39)31-15-17-32(18-16-31)45-19-22-46(23-20-45,24-21-45)36-28-48-40(50-36)35-14-12-26-54(35)42(56)38(30(9-3)10-4)52-44(58)60-6/h15-18,27-30,34-35,37-38H,7-14,19-26H2,1-6H3,(H,47,49)(H,48,50)(H,51,57)(H,52,58). The minimum absolute atomic E-state index is 0.00940. The number of aromatic amines is 2. The lowest BCUT2D eigenvalue weighted by Gasteiger charge is -2.53. The van der Waals surface area contributed by atoms with Crippen molar-refractivity contribution in [3.8, 4) is 11.3 Å². The van der Waals surface area contributed by atoms with Crippen molar-refractivity contribution in [1.29, 1.82) is 0 Å². The number of methoxy groups -OCH3 is 2. The van der Waals surface area contributed by atoms with Crippen LogP contribution < -0.4 is 10.6 Å². The number of hydrogen-bond donors (Lipinski definition) is 4. The van der Waals surface area contributed by atoms with Crippen molar-refractivity contribution in [3.05, 3.63) is 59.6 Å². The number of ether oxygens (including phenoxy) is 2. The first-order valence-electron chi connectivity index (χ1n) is 22.5. The highest BCUT2D eigenvalue weighted by Gasteiger charge is 2.51. The third-order valence-corrected chi connectivity index (χ3v) is 15.0. The number of rotatable bonds is 15. The lowest BCUT2D eigenvalue weighted by Crippen LogP contribution is -2.52.